The Kier molecular flexibility index (Phi) is 3.88. The van der Waals surface area contributed by atoms with E-state index in [0.29, 0.717) is 28.0 Å². The zero-order valence-corrected chi connectivity index (χ0v) is 14.2. The topological polar surface area (TPSA) is 61.8 Å². The monoisotopic (exact) mass is 354 g/mol. The summed E-state index contributed by atoms with van der Waals surface area (Å²) in [5.41, 5.74) is 1.05. The minimum absolute atomic E-state index is 0.0899. The molecule has 5 nitrogen and oxygen atoms in total. The average molecular weight is 354 g/mol. The summed E-state index contributed by atoms with van der Waals surface area (Å²) >= 11 is 0. The maximum atomic E-state index is 13.4. The van der Waals surface area contributed by atoms with Crippen LogP contribution in [0.25, 0.3) is 21.9 Å². The highest BCUT2D eigenvalue weighted by atomic mass is 19.1. The van der Waals surface area contributed by atoms with Crippen LogP contribution in [0.4, 0.5) is 4.39 Å². The van der Waals surface area contributed by atoms with Crippen molar-refractivity contribution in [2.75, 3.05) is 7.11 Å². The van der Waals surface area contributed by atoms with Crippen LogP contribution >= 0.6 is 0 Å². The molecule has 2 aromatic carbocycles. The molecule has 0 aliphatic heterocycles. The third-order valence-corrected chi connectivity index (χ3v) is 4.10. The van der Waals surface area contributed by atoms with E-state index in [0.717, 1.165) is 0 Å². The van der Waals surface area contributed by atoms with Gasteiger partial charge < -0.3 is 18.3 Å². The van der Waals surface area contributed by atoms with Crippen LogP contribution in [0.3, 0.4) is 0 Å². The Bertz CT molecular complexity index is 1170. The van der Waals surface area contributed by atoms with Crippen molar-refractivity contribution in [2.24, 2.45) is 0 Å². The summed E-state index contributed by atoms with van der Waals surface area (Å²) in [5.74, 6) is 0.740. The number of furan rings is 1. The van der Waals surface area contributed by atoms with Crippen LogP contribution in [-0.2, 0) is 6.61 Å². The number of hydrogen-bond donors (Lipinski definition) is 0. The molecule has 132 valence electrons. The van der Waals surface area contributed by atoms with E-state index in [1.807, 2.05) is 0 Å². The number of halogens is 1. The fourth-order valence-corrected chi connectivity index (χ4v) is 3.01. The molecule has 6 heteroatoms. The summed E-state index contributed by atoms with van der Waals surface area (Å²) in [4.78, 5) is 12.5. The van der Waals surface area contributed by atoms with Crippen LogP contribution < -0.4 is 14.9 Å². The number of aryl methyl sites for hydroxylation is 1. The van der Waals surface area contributed by atoms with Crippen molar-refractivity contribution in [3.8, 4) is 11.5 Å². The third kappa shape index (κ3) is 2.60. The van der Waals surface area contributed by atoms with Crippen molar-refractivity contribution < 1.29 is 22.7 Å². The van der Waals surface area contributed by atoms with Gasteiger partial charge in [0.25, 0.3) is 0 Å². The van der Waals surface area contributed by atoms with Crippen LogP contribution in [0.5, 0.6) is 11.5 Å². The van der Waals surface area contributed by atoms with Crippen LogP contribution in [0, 0.1) is 12.7 Å². The smallest absolute Gasteiger partial charge is 0.206 e. The van der Waals surface area contributed by atoms with Gasteiger partial charge in [-0.2, -0.15) is 0 Å². The van der Waals surface area contributed by atoms with E-state index in [9.17, 15) is 9.18 Å². The predicted octanol–water partition coefficient (Wildman–Crippen LogP) is 4.57. The summed E-state index contributed by atoms with van der Waals surface area (Å²) < 4.78 is 36.0. The number of ether oxygens (including phenoxy) is 2. The highest BCUT2D eigenvalue weighted by Gasteiger charge is 2.23. The standard InChI is InChI=1S/C20H15FO5/c1-11-8-15(22)16-17(23-2)14-6-7-24-18(14)20(19(16)26-11)25-10-12-4-3-5-13(21)9-12/h3-9H,10H2,1-2H3. The lowest BCUT2D eigenvalue weighted by Crippen LogP contribution is -2.05. The lowest BCUT2D eigenvalue weighted by Gasteiger charge is -2.13. The molecule has 0 fully saturated rings. The van der Waals surface area contributed by atoms with Crippen molar-refractivity contribution in [1.82, 2.24) is 0 Å². The molecule has 0 aliphatic rings. The van der Waals surface area contributed by atoms with Gasteiger partial charge in [0.1, 0.15) is 29.3 Å². The van der Waals surface area contributed by atoms with E-state index < -0.39 is 0 Å². The molecular formula is C20H15FO5. The highest BCUT2D eigenvalue weighted by Crippen LogP contribution is 2.42. The number of benzene rings is 2. The highest BCUT2D eigenvalue weighted by molar-refractivity contribution is 6.06. The Balaban J connectivity index is 1.94. The molecule has 0 radical (unpaired) electrons. The fraction of sp³-hybridized carbons (Fsp3) is 0.150. The molecule has 0 unspecified atom stereocenters. The normalized spacial score (nSPS) is 11.2. The largest absolute Gasteiger partial charge is 0.495 e. The second-order valence-corrected chi connectivity index (χ2v) is 5.87. The molecule has 0 saturated heterocycles. The van der Waals surface area contributed by atoms with Gasteiger partial charge in [0.2, 0.25) is 5.75 Å². The Labute approximate surface area is 147 Å². The van der Waals surface area contributed by atoms with Gasteiger partial charge in [-0.05, 0) is 30.7 Å². The third-order valence-electron chi connectivity index (χ3n) is 4.10. The van der Waals surface area contributed by atoms with E-state index in [1.165, 1.54) is 31.6 Å². The molecule has 0 atom stereocenters. The summed E-state index contributed by atoms with van der Waals surface area (Å²) in [6.45, 7) is 1.77. The predicted molar refractivity (Wildman–Crippen MR) is 94.3 cm³/mol. The Morgan fingerprint density at radius 2 is 1.96 bits per heavy atom. The molecule has 0 aliphatic carbocycles. The molecule has 26 heavy (non-hydrogen) atoms. The van der Waals surface area contributed by atoms with Crippen LogP contribution in [0.15, 0.2) is 56.3 Å². The maximum Gasteiger partial charge on any atom is 0.206 e. The van der Waals surface area contributed by atoms with E-state index in [1.54, 1.807) is 25.1 Å². The quantitative estimate of drug-likeness (QED) is 0.537. The summed E-state index contributed by atoms with van der Waals surface area (Å²) in [6, 6.07) is 9.18. The molecule has 0 spiro atoms. The van der Waals surface area contributed by atoms with Gasteiger partial charge in [0.05, 0.1) is 18.8 Å². The first-order valence-corrected chi connectivity index (χ1v) is 7.97. The van der Waals surface area contributed by atoms with Gasteiger partial charge in [-0.3, -0.25) is 4.79 Å². The lowest BCUT2D eigenvalue weighted by atomic mass is 10.1. The van der Waals surface area contributed by atoms with Gasteiger partial charge in [-0.25, -0.2) is 4.39 Å². The lowest BCUT2D eigenvalue weighted by molar-refractivity contribution is 0.302. The van der Waals surface area contributed by atoms with E-state index in [4.69, 9.17) is 18.3 Å². The zero-order valence-electron chi connectivity index (χ0n) is 14.2. The van der Waals surface area contributed by atoms with Gasteiger partial charge in [0, 0.05) is 6.07 Å². The molecule has 4 rings (SSSR count). The van der Waals surface area contributed by atoms with Crippen LogP contribution in [-0.4, -0.2) is 7.11 Å². The van der Waals surface area contributed by atoms with Crippen molar-refractivity contribution in [3.05, 3.63) is 70.0 Å². The molecular weight excluding hydrogens is 339 g/mol. The molecule has 0 N–H and O–H groups in total. The fourth-order valence-electron chi connectivity index (χ4n) is 3.01. The van der Waals surface area contributed by atoms with Gasteiger partial charge >= 0.3 is 0 Å². The number of methoxy groups -OCH3 is 1. The first kappa shape index (κ1) is 16.2. The van der Waals surface area contributed by atoms with Crippen molar-refractivity contribution in [1.29, 1.82) is 0 Å². The maximum absolute atomic E-state index is 13.4. The second kappa shape index (κ2) is 6.22. The first-order valence-electron chi connectivity index (χ1n) is 7.97. The second-order valence-electron chi connectivity index (χ2n) is 5.87. The van der Waals surface area contributed by atoms with Crippen molar-refractivity contribution in [2.45, 2.75) is 13.5 Å². The SMILES string of the molecule is COc1c2ccoc2c(OCc2cccc(F)c2)c2oc(C)cc(=O)c12. The summed E-state index contributed by atoms with van der Waals surface area (Å²) in [5, 5.41) is 0.881. The zero-order chi connectivity index (χ0) is 18.3. The van der Waals surface area contributed by atoms with Crippen molar-refractivity contribution >= 4 is 21.9 Å². The minimum Gasteiger partial charge on any atom is -0.495 e. The Hall–Kier alpha value is -3.28. The molecule has 2 aromatic heterocycles. The summed E-state index contributed by atoms with van der Waals surface area (Å²) in [7, 11) is 1.48. The number of fused-ring (bicyclic) bond motifs is 2. The molecule has 0 amide bonds. The number of rotatable bonds is 4. The Morgan fingerprint density at radius 3 is 2.73 bits per heavy atom. The Morgan fingerprint density at radius 1 is 1.12 bits per heavy atom. The van der Waals surface area contributed by atoms with Gasteiger partial charge in [0.15, 0.2) is 16.6 Å². The van der Waals surface area contributed by atoms with Gasteiger partial charge in [-0.15, -0.1) is 0 Å². The summed E-state index contributed by atoms with van der Waals surface area (Å²) in [6.07, 6.45) is 1.48. The molecule has 0 bridgehead atoms. The minimum atomic E-state index is -0.351. The first-order chi connectivity index (χ1) is 12.6. The van der Waals surface area contributed by atoms with Crippen LogP contribution in [0.1, 0.15) is 11.3 Å². The van der Waals surface area contributed by atoms with Crippen molar-refractivity contribution in [3.63, 3.8) is 0 Å². The van der Waals surface area contributed by atoms with E-state index >= 15 is 0 Å². The van der Waals surface area contributed by atoms with Gasteiger partial charge in [-0.1, -0.05) is 12.1 Å². The molecule has 4 aromatic rings. The van der Waals surface area contributed by atoms with E-state index in [-0.39, 0.29) is 34.6 Å². The molecule has 2 heterocycles. The average Bonchev–Trinajstić information content (AvgIpc) is 3.08. The van der Waals surface area contributed by atoms with E-state index in [2.05, 4.69) is 0 Å². The molecule has 0 saturated carbocycles. The van der Waals surface area contributed by atoms with Crippen LogP contribution in [0.2, 0.25) is 0 Å². The number of hydrogen-bond acceptors (Lipinski definition) is 5.